The Morgan fingerprint density at radius 3 is 2.69 bits per heavy atom. The maximum Gasteiger partial charge on any atom is 0.225 e. The van der Waals surface area contributed by atoms with E-state index in [0.29, 0.717) is 23.6 Å². The molecule has 3 nitrogen and oxygen atoms in total. The Morgan fingerprint density at radius 2 is 2.12 bits per heavy atom. The lowest BCUT2D eigenvalue weighted by Crippen LogP contribution is -2.12. The minimum atomic E-state index is -0.0694. The first-order chi connectivity index (χ1) is 7.58. The number of anilines is 1. The SMILES string of the molecule is COc1cc(NC(=O)CCS)c(Br)cc1Br. The predicted molar refractivity (Wildman–Crippen MR) is 75.5 cm³/mol. The van der Waals surface area contributed by atoms with Crippen molar-refractivity contribution in [1.29, 1.82) is 0 Å². The zero-order valence-electron chi connectivity index (χ0n) is 8.59. The van der Waals surface area contributed by atoms with Crippen LogP contribution in [0.1, 0.15) is 6.42 Å². The van der Waals surface area contributed by atoms with Crippen LogP contribution >= 0.6 is 44.5 Å². The van der Waals surface area contributed by atoms with Crippen molar-refractivity contribution in [2.75, 3.05) is 18.2 Å². The molecule has 16 heavy (non-hydrogen) atoms. The van der Waals surface area contributed by atoms with Gasteiger partial charge < -0.3 is 10.1 Å². The molecular weight excluding hydrogens is 358 g/mol. The van der Waals surface area contributed by atoms with Gasteiger partial charge in [-0.3, -0.25) is 4.79 Å². The van der Waals surface area contributed by atoms with Gasteiger partial charge in [0.1, 0.15) is 5.75 Å². The van der Waals surface area contributed by atoms with E-state index in [2.05, 4.69) is 49.8 Å². The lowest BCUT2D eigenvalue weighted by Gasteiger charge is -2.10. The summed E-state index contributed by atoms with van der Waals surface area (Å²) in [5.41, 5.74) is 0.687. The fraction of sp³-hybridized carbons (Fsp3) is 0.300. The van der Waals surface area contributed by atoms with Gasteiger partial charge in [0.05, 0.1) is 17.3 Å². The smallest absolute Gasteiger partial charge is 0.225 e. The molecule has 0 saturated carbocycles. The van der Waals surface area contributed by atoms with Crippen molar-refractivity contribution in [2.45, 2.75) is 6.42 Å². The van der Waals surface area contributed by atoms with Gasteiger partial charge in [0.15, 0.2) is 0 Å². The van der Waals surface area contributed by atoms with Gasteiger partial charge in [-0.2, -0.15) is 12.6 Å². The fourth-order valence-corrected chi connectivity index (χ4v) is 2.55. The topological polar surface area (TPSA) is 38.3 Å². The van der Waals surface area contributed by atoms with E-state index >= 15 is 0 Å². The number of benzene rings is 1. The molecule has 1 amide bonds. The number of amides is 1. The highest BCUT2D eigenvalue weighted by Gasteiger charge is 2.09. The molecule has 0 heterocycles. The molecule has 0 aliphatic rings. The second-order valence-electron chi connectivity index (χ2n) is 2.99. The summed E-state index contributed by atoms with van der Waals surface area (Å²) in [6, 6.07) is 3.58. The van der Waals surface area contributed by atoms with Crippen molar-refractivity contribution >= 4 is 56.1 Å². The summed E-state index contributed by atoms with van der Waals surface area (Å²) in [5, 5.41) is 2.78. The van der Waals surface area contributed by atoms with Crippen LogP contribution in [0.15, 0.2) is 21.1 Å². The maximum atomic E-state index is 11.4. The first-order valence-electron chi connectivity index (χ1n) is 4.52. The summed E-state index contributed by atoms with van der Waals surface area (Å²) in [4.78, 5) is 11.4. The normalized spacial score (nSPS) is 10.0. The molecule has 88 valence electrons. The van der Waals surface area contributed by atoms with Gasteiger partial charge in [-0.15, -0.1) is 0 Å². The van der Waals surface area contributed by atoms with Crippen LogP contribution in [0.5, 0.6) is 5.75 Å². The molecule has 0 atom stereocenters. The third-order valence-electron chi connectivity index (χ3n) is 1.85. The fourth-order valence-electron chi connectivity index (χ4n) is 1.10. The summed E-state index contributed by atoms with van der Waals surface area (Å²) in [6.45, 7) is 0. The highest BCUT2D eigenvalue weighted by Crippen LogP contribution is 2.34. The van der Waals surface area contributed by atoms with Crippen LogP contribution < -0.4 is 10.1 Å². The van der Waals surface area contributed by atoms with Crippen LogP contribution in [0.2, 0.25) is 0 Å². The number of carbonyl (C=O) groups is 1. The van der Waals surface area contributed by atoms with Gasteiger partial charge in [-0.05, 0) is 43.7 Å². The number of rotatable bonds is 4. The van der Waals surface area contributed by atoms with Crippen LogP contribution in [0.25, 0.3) is 0 Å². The first-order valence-corrected chi connectivity index (χ1v) is 6.74. The minimum absolute atomic E-state index is 0.0694. The van der Waals surface area contributed by atoms with Crippen LogP contribution in [-0.4, -0.2) is 18.8 Å². The van der Waals surface area contributed by atoms with E-state index in [-0.39, 0.29) is 5.91 Å². The number of thiol groups is 1. The van der Waals surface area contributed by atoms with Crippen molar-refractivity contribution in [3.05, 3.63) is 21.1 Å². The van der Waals surface area contributed by atoms with Crippen molar-refractivity contribution in [2.24, 2.45) is 0 Å². The summed E-state index contributed by atoms with van der Waals surface area (Å²) < 4.78 is 6.77. The van der Waals surface area contributed by atoms with Crippen molar-refractivity contribution in [3.63, 3.8) is 0 Å². The summed E-state index contributed by atoms with van der Waals surface area (Å²) in [6.07, 6.45) is 0.383. The number of halogens is 2. The highest BCUT2D eigenvalue weighted by molar-refractivity contribution is 9.11. The summed E-state index contributed by atoms with van der Waals surface area (Å²) >= 11 is 10.7. The monoisotopic (exact) mass is 367 g/mol. The number of hydrogen-bond acceptors (Lipinski definition) is 3. The molecule has 0 fully saturated rings. The van der Waals surface area contributed by atoms with E-state index in [9.17, 15) is 4.79 Å². The van der Waals surface area contributed by atoms with Gasteiger partial charge in [0.2, 0.25) is 5.91 Å². The second kappa shape index (κ2) is 6.51. The molecule has 0 bridgehead atoms. The molecule has 0 aliphatic heterocycles. The predicted octanol–water partition coefficient (Wildman–Crippen LogP) is 3.48. The number of hydrogen-bond donors (Lipinski definition) is 2. The van der Waals surface area contributed by atoms with Gasteiger partial charge >= 0.3 is 0 Å². The van der Waals surface area contributed by atoms with E-state index in [1.54, 1.807) is 13.2 Å². The van der Waals surface area contributed by atoms with Crippen molar-refractivity contribution in [3.8, 4) is 5.75 Å². The Balaban J connectivity index is 2.91. The quantitative estimate of drug-likeness (QED) is 0.798. The van der Waals surface area contributed by atoms with Gasteiger partial charge in [-0.1, -0.05) is 0 Å². The molecule has 0 aliphatic carbocycles. The number of methoxy groups -OCH3 is 1. The molecule has 1 rings (SSSR count). The van der Waals surface area contributed by atoms with Crippen LogP contribution in [0.4, 0.5) is 5.69 Å². The Kier molecular flexibility index (Phi) is 5.64. The van der Waals surface area contributed by atoms with E-state index in [4.69, 9.17) is 4.74 Å². The zero-order chi connectivity index (χ0) is 12.1. The van der Waals surface area contributed by atoms with Gasteiger partial charge in [0.25, 0.3) is 0 Å². The maximum absolute atomic E-state index is 11.4. The lowest BCUT2D eigenvalue weighted by atomic mass is 10.3. The highest BCUT2D eigenvalue weighted by atomic mass is 79.9. The minimum Gasteiger partial charge on any atom is -0.495 e. The molecule has 0 radical (unpaired) electrons. The Morgan fingerprint density at radius 1 is 1.44 bits per heavy atom. The average molecular weight is 369 g/mol. The Labute approximate surface area is 117 Å². The zero-order valence-corrected chi connectivity index (χ0v) is 12.7. The van der Waals surface area contributed by atoms with E-state index in [1.165, 1.54) is 0 Å². The lowest BCUT2D eigenvalue weighted by molar-refractivity contribution is -0.115. The molecule has 0 spiro atoms. The Bertz CT molecular complexity index is 399. The van der Waals surface area contributed by atoms with Gasteiger partial charge in [-0.25, -0.2) is 0 Å². The molecule has 1 aromatic carbocycles. The number of ether oxygens (including phenoxy) is 1. The third-order valence-corrected chi connectivity index (χ3v) is 3.35. The van der Waals surface area contributed by atoms with Gasteiger partial charge in [0, 0.05) is 17.0 Å². The molecule has 1 aromatic rings. The summed E-state index contributed by atoms with van der Waals surface area (Å²) in [5.74, 6) is 1.13. The second-order valence-corrected chi connectivity index (χ2v) is 5.14. The standard InChI is InChI=1S/C10H11Br2NO2S/c1-15-9-5-8(6(11)4-7(9)12)13-10(14)2-3-16/h4-5,16H,2-3H2,1H3,(H,13,14). The van der Waals surface area contributed by atoms with Crippen LogP contribution in [0.3, 0.4) is 0 Å². The average Bonchev–Trinajstić information content (AvgIpc) is 2.22. The van der Waals surface area contributed by atoms with E-state index in [0.717, 1.165) is 8.95 Å². The molecule has 0 unspecified atom stereocenters. The molecule has 6 heteroatoms. The van der Waals surface area contributed by atoms with E-state index < -0.39 is 0 Å². The molecule has 0 aromatic heterocycles. The van der Waals surface area contributed by atoms with Crippen molar-refractivity contribution < 1.29 is 9.53 Å². The first kappa shape index (κ1) is 13.9. The van der Waals surface area contributed by atoms with Crippen molar-refractivity contribution in [1.82, 2.24) is 0 Å². The summed E-state index contributed by atoms with van der Waals surface area (Å²) in [7, 11) is 1.58. The number of carbonyl (C=O) groups excluding carboxylic acids is 1. The molecule has 0 saturated heterocycles. The number of nitrogens with one attached hydrogen (secondary N) is 1. The Hall–Kier alpha value is -0.200. The largest absolute Gasteiger partial charge is 0.495 e. The molecular formula is C10H11Br2NO2S. The van der Waals surface area contributed by atoms with E-state index in [1.807, 2.05) is 6.07 Å². The van der Waals surface area contributed by atoms with Crippen LogP contribution in [0, 0.1) is 0 Å². The third kappa shape index (κ3) is 3.68. The van der Waals surface area contributed by atoms with Crippen LogP contribution in [-0.2, 0) is 4.79 Å². The molecule has 1 N–H and O–H groups in total.